The molecule has 0 aliphatic carbocycles. The van der Waals surface area contributed by atoms with Crippen LogP contribution in [-0.4, -0.2) is 35.1 Å². The highest BCUT2D eigenvalue weighted by Crippen LogP contribution is 2.27. The van der Waals surface area contributed by atoms with Gasteiger partial charge in [0.25, 0.3) is 5.91 Å². The molecule has 8 heteroatoms. The van der Waals surface area contributed by atoms with Crippen LogP contribution in [0.4, 0.5) is 5.69 Å². The van der Waals surface area contributed by atoms with E-state index in [1.165, 1.54) is 7.11 Å². The maximum absolute atomic E-state index is 12.7. The zero-order valence-electron chi connectivity index (χ0n) is 15.2. The van der Waals surface area contributed by atoms with Crippen LogP contribution >= 0.6 is 11.6 Å². The van der Waals surface area contributed by atoms with E-state index in [1.54, 1.807) is 30.0 Å². The molecule has 3 rings (SSSR count). The van der Waals surface area contributed by atoms with Crippen LogP contribution in [0.3, 0.4) is 0 Å². The summed E-state index contributed by atoms with van der Waals surface area (Å²) in [5.74, 6) is 0.127. The fourth-order valence-electron chi connectivity index (χ4n) is 2.57. The van der Waals surface area contributed by atoms with Crippen molar-refractivity contribution >= 4 is 23.2 Å². The zero-order valence-corrected chi connectivity index (χ0v) is 15.9. The summed E-state index contributed by atoms with van der Waals surface area (Å²) in [4.78, 5) is 12.7. The summed E-state index contributed by atoms with van der Waals surface area (Å²) in [5.41, 5.74) is 3.19. The Morgan fingerprint density at radius 2 is 1.93 bits per heavy atom. The first-order valence-corrected chi connectivity index (χ1v) is 8.56. The van der Waals surface area contributed by atoms with Crippen molar-refractivity contribution in [2.24, 2.45) is 0 Å². The average Bonchev–Trinajstić information content (AvgIpc) is 3.07. The minimum Gasteiger partial charge on any atom is -0.495 e. The van der Waals surface area contributed by atoms with E-state index in [9.17, 15) is 4.79 Å². The average molecular weight is 387 g/mol. The Labute approximate surface area is 161 Å². The monoisotopic (exact) mass is 386 g/mol. The normalized spacial score (nSPS) is 10.7. The number of amides is 1. The standard InChI is InChI=1S/C19H19ClN4O3/c1-12-4-7-14(8-5-12)24-16(11-26-2)18(22-23-24)19(25)21-13-6-9-17(27-3)15(20)10-13/h4-10H,11H2,1-3H3,(H,21,25). The third-order valence-corrected chi connectivity index (χ3v) is 4.24. The molecule has 0 radical (unpaired) electrons. The zero-order chi connectivity index (χ0) is 19.4. The number of aryl methyl sites for hydroxylation is 1. The SMILES string of the molecule is COCc1c(C(=O)Nc2ccc(OC)c(Cl)c2)nnn1-c1ccc(C)cc1. The highest BCUT2D eigenvalue weighted by atomic mass is 35.5. The number of benzene rings is 2. The quantitative estimate of drug-likeness (QED) is 0.699. The van der Waals surface area contributed by atoms with Gasteiger partial charge < -0.3 is 14.8 Å². The topological polar surface area (TPSA) is 78.3 Å². The smallest absolute Gasteiger partial charge is 0.278 e. The molecule has 0 aliphatic rings. The van der Waals surface area contributed by atoms with Crippen molar-refractivity contribution in [1.29, 1.82) is 0 Å². The molecule has 0 unspecified atom stereocenters. The molecule has 27 heavy (non-hydrogen) atoms. The van der Waals surface area contributed by atoms with E-state index in [4.69, 9.17) is 21.1 Å². The van der Waals surface area contributed by atoms with Gasteiger partial charge >= 0.3 is 0 Å². The Morgan fingerprint density at radius 1 is 1.19 bits per heavy atom. The highest BCUT2D eigenvalue weighted by Gasteiger charge is 2.21. The van der Waals surface area contributed by atoms with Gasteiger partial charge in [-0.05, 0) is 37.3 Å². The van der Waals surface area contributed by atoms with E-state index < -0.39 is 5.91 Å². The van der Waals surface area contributed by atoms with Crippen LogP contribution < -0.4 is 10.1 Å². The number of hydrogen-bond acceptors (Lipinski definition) is 5. The minimum atomic E-state index is -0.401. The lowest BCUT2D eigenvalue weighted by Crippen LogP contribution is -2.16. The Morgan fingerprint density at radius 3 is 2.56 bits per heavy atom. The Bertz CT molecular complexity index is 954. The Hall–Kier alpha value is -2.90. The number of nitrogens with one attached hydrogen (secondary N) is 1. The maximum Gasteiger partial charge on any atom is 0.278 e. The number of methoxy groups -OCH3 is 2. The van der Waals surface area contributed by atoms with Gasteiger partial charge in [0.15, 0.2) is 5.69 Å². The summed E-state index contributed by atoms with van der Waals surface area (Å²) >= 11 is 6.11. The largest absolute Gasteiger partial charge is 0.495 e. The molecule has 1 heterocycles. The minimum absolute atomic E-state index is 0.185. The molecule has 3 aromatic rings. The van der Waals surface area contributed by atoms with Crippen molar-refractivity contribution in [3.8, 4) is 11.4 Å². The van der Waals surface area contributed by atoms with Gasteiger partial charge in [0.1, 0.15) is 11.4 Å². The first-order chi connectivity index (χ1) is 13.0. The van der Waals surface area contributed by atoms with Crippen molar-refractivity contribution < 1.29 is 14.3 Å². The molecule has 0 saturated carbocycles. The molecule has 0 saturated heterocycles. The van der Waals surface area contributed by atoms with E-state index >= 15 is 0 Å². The number of ether oxygens (including phenoxy) is 2. The second kappa shape index (κ2) is 8.20. The van der Waals surface area contributed by atoms with Crippen LogP contribution in [-0.2, 0) is 11.3 Å². The molecular weight excluding hydrogens is 368 g/mol. The predicted octanol–water partition coefficient (Wildman–Crippen LogP) is 3.64. The van der Waals surface area contributed by atoms with Crippen molar-refractivity contribution in [1.82, 2.24) is 15.0 Å². The summed E-state index contributed by atoms with van der Waals surface area (Å²) in [6.45, 7) is 2.19. The lowest BCUT2D eigenvalue weighted by atomic mass is 10.2. The Balaban J connectivity index is 1.90. The third-order valence-electron chi connectivity index (χ3n) is 3.95. The van der Waals surface area contributed by atoms with E-state index in [-0.39, 0.29) is 12.3 Å². The van der Waals surface area contributed by atoms with Crippen molar-refractivity contribution in [3.63, 3.8) is 0 Å². The van der Waals surface area contributed by atoms with E-state index in [1.807, 2.05) is 31.2 Å². The summed E-state index contributed by atoms with van der Waals surface area (Å²) in [5, 5.41) is 11.3. The van der Waals surface area contributed by atoms with Crippen LogP contribution in [0.5, 0.6) is 5.75 Å². The second-order valence-electron chi connectivity index (χ2n) is 5.87. The first-order valence-electron chi connectivity index (χ1n) is 8.19. The van der Waals surface area contributed by atoms with Crippen LogP contribution in [0.2, 0.25) is 5.02 Å². The van der Waals surface area contributed by atoms with Gasteiger partial charge in [-0.15, -0.1) is 5.10 Å². The number of carbonyl (C=O) groups excluding carboxylic acids is 1. The highest BCUT2D eigenvalue weighted by molar-refractivity contribution is 6.32. The van der Waals surface area contributed by atoms with Gasteiger partial charge in [-0.3, -0.25) is 4.79 Å². The van der Waals surface area contributed by atoms with Crippen molar-refractivity contribution in [3.05, 3.63) is 64.4 Å². The summed E-state index contributed by atoms with van der Waals surface area (Å²) in [6, 6.07) is 12.7. The molecule has 0 bridgehead atoms. The fourth-order valence-corrected chi connectivity index (χ4v) is 2.83. The molecule has 1 amide bonds. The lowest BCUT2D eigenvalue weighted by molar-refractivity contribution is 0.101. The van der Waals surface area contributed by atoms with Crippen molar-refractivity contribution in [2.45, 2.75) is 13.5 Å². The van der Waals surface area contributed by atoms with Crippen LogP contribution in [0.25, 0.3) is 5.69 Å². The molecule has 1 aromatic heterocycles. The van der Waals surface area contributed by atoms with Gasteiger partial charge in [-0.25, -0.2) is 4.68 Å². The third kappa shape index (κ3) is 4.10. The maximum atomic E-state index is 12.7. The summed E-state index contributed by atoms with van der Waals surface area (Å²) in [7, 11) is 3.08. The number of aromatic nitrogens is 3. The number of hydrogen-bond donors (Lipinski definition) is 1. The van der Waals surface area contributed by atoms with Crippen LogP contribution in [0.1, 0.15) is 21.7 Å². The molecule has 0 atom stereocenters. The van der Waals surface area contributed by atoms with Gasteiger partial charge in [-0.1, -0.05) is 34.5 Å². The van der Waals surface area contributed by atoms with Crippen LogP contribution in [0.15, 0.2) is 42.5 Å². The molecule has 140 valence electrons. The predicted molar refractivity (Wildman–Crippen MR) is 103 cm³/mol. The molecular formula is C19H19ClN4O3. The number of nitrogens with zero attached hydrogens (tertiary/aromatic N) is 3. The lowest BCUT2D eigenvalue weighted by Gasteiger charge is -2.09. The number of halogens is 1. The molecule has 0 spiro atoms. The number of anilines is 1. The van der Waals surface area contributed by atoms with Gasteiger partial charge in [0.2, 0.25) is 0 Å². The molecule has 0 fully saturated rings. The van der Waals surface area contributed by atoms with E-state index in [2.05, 4.69) is 15.6 Å². The first kappa shape index (κ1) is 18.9. The van der Waals surface area contributed by atoms with Crippen LogP contribution in [0, 0.1) is 6.92 Å². The molecule has 7 nitrogen and oxygen atoms in total. The van der Waals surface area contributed by atoms with Gasteiger partial charge in [-0.2, -0.15) is 0 Å². The molecule has 0 aliphatic heterocycles. The Kier molecular flexibility index (Phi) is 5.73. The van der Waals surface area contributed by atoms with Gasteiger partial charge in [0, 0.05) is 12.8 Å². The van der Waals surface area contributed by atoms with E-state index in [0.29, 0.717) is 22.2 Å². The summed E-state index contributed by atoms with van der Waals surface area (Å²) < 4.78 is 12.0. The van der Waals surface area contributed by atoms with Gasteiger partial charge in [0.05, 0.1) is 24.4 Å². The van der Waals surface area contributed by atoms with Crippen molar-refractivity contribution in [2.75, 3.05) is 19.5 Å². The molecule has 2 aromatic carbocycles. The fraction of sp³-hybridized carbons (Fsp3) is 0.211. The molecule has 1 N–H and O–H groups in total. The number of rotatable bonds is 6. The van der Waals surface area contributed by atoms with E-state index in [0.717, 1.165) is 11.3 Å². The summed E-state index contributed by atoms with van der Waals surface area (Å²) in [6.07, 6.45) is 0. The second-order valence-corrected chi connectivity index (χ2v) is 6.28. The number of carbonyl (C=O) groups is 1.